The molecule has 0 spiro atoms. The molecule has 1 fully saturated rings. The van der Waals surface area contributed by atoms with Gasteiger partial charge in [-0.3, -0.25) is 14.3 Å². The van der Waals surface area contributed by atoms with Gasteiger partial charge in [0.15, 0.2) is 0 Å². The summed E-state index contributed by atoms with van der Waals surface area (Å²) in [6.45, 7) is 4.38. The lowest BCUT2D eigenvalue weighted by Crippen LogP contribution is -2.36. The molecule has 0 saturated heterocycles. The van der Waals surface area contributed by atoms with E-state index in [1.807, 2.05) is 54.9 Å². The first-order chi connectivity index (χ1) is 13.3. The maximum Gasteiger partial charge on any atom is 0.307 e. The van der Waals surface area contributed by atoms with Gasteiger partial charge in [0.2, 0.25) is 5.91 Å². The Morgan fingerprint density at radius 2 is 1.82 bits per heavy atom. The highest BCUT2D eigenvalue weighted by Gasteiger charge is 2.51. The van der Waals surface area contributed by atoms with Gasteiger partial charge in [-0.05, 0) is 49.8 Å². The van der Waals surface area contributed by atoms with Crippen LogP contribution in [0.15, 0.2) is 40.9 Å². The Balaban J connectivity index is 1.54. The van der Waals surface area contributed by atoms with Crippen LogP contribution in [0.5, 0.6) is 0 Å². The molecular weight excluding hydrogens is 422 g/mol. The van der Waals surface area contributed by atoms with Crippen molar-refractivity contribution in [3.05, 3.63) is 57.8 Å². The summed E-state index contributed by atoms with van der Waals surface area (Å²) in [7, 11) is 0. The van der Waals surface area contributed by atoms with Gasteiger partial charge in [-0.2, -0.15) is 5.10 Å². The number of nitrogens with one attached hydrogen (secondary N) is 1. The van der Waals surface area contributed by atoms with Gasteiger partial charge in [-0.1, -0.05) is 40.2 Å². The topological polar surface area (TPSA) is 84.2 Å². The van der Waals surface area contributed by atoms with Gasteiger partial charge in [-0.15, -0.1) is 0 Å². The summed E-state index contributed by atoms with van der Waals surface area (Å²) in [5, 5.41) is 17.1. The van der Waals surface area contributed by atoms with Crippen molar-refractivity contribution in [1.29, 1.82) is 0 Å². The van der Waals surface area contributed by atoms with Gasteiger partial charge < -0.3 is 10.4 Å². The summed E-state index contributed by atoms with van der Waals surface area (Å²) >= 11 is 3.43. The van der Waals surface area contributed by atoms with Gasteiger partial charge in [0.1, 0.15) is 0 Å². The van der Waals surface area contributed by atoms with Crippen LogP contribution in [0.25, 0.3) is 0 Å². The van der Waals surface area contributed by atoms with Crippen molar-refractivity contribution in [1.82, 2.24) is 9.78 Å². The molecule has 4 atom stereocenters. The van der Waals surface area contributed by atoms with Crippen LogP contribution in [0.2, 0.25) is 0 Å². The molecular formula is C21H22BrN3O3. The zero-order valence-corrected chi connectivity index (χ0v) is 17.3. The molecule has 2 N–H and O–H groups in total. The Morgan fingerprint density at radius 1 is 1.18 bits per heavy atom. The molecule has 1 amide bonds. The molecule has 2 aliphatic rings. The lowest BCUT2D eigenvalue weighted by molar-refractivity contribution is -0.146. The Morgan fingerprint density at radius 3 is 2.46 bits per heavy atom. The number of rotatable bonds is 5. The van der Waals surface area contributed by atoms with Crippen molar-refractivity contribution in [2.45, 2.75) is 26.8 Å². The summed E-state index contributed by atoms with van der Waals surface area (Å²) in [5.41, 5.74) is 3.38. The maximum absolute atomic E-state index is 13.0. The number of carbonyl (C=O) groups is 2. The lowest BCUT2D eigenvalue weighted by atomic mass is 9.82. The van der Waals surface area contributed by atoms with E-state index >= 15 is 0 Å². The fourth-order valence-corrected chi connectivity index (χ4v) is 4.78. The van der Waals surface area contributed by atoms with E-state index in [0.717, 1.165) is 27.8 Å². The molecule has 0 aliphatic heterocycles. The van der Waals surface area contributed by atoms with Crippen LogP contribution in [-0.4, -0.2) is 26.8 Å². The zero-order chi connectivity index (χ0) is 20.0. The summed E-state index contributed by atoms with van der Waals surface area (Å²) in [6, 6.07) is 8.02. The van der Waals surface area contributed by atoms with Crippen LogP contribution in [0.1, 0.15) is 23.4 Å². The molecule has 1 aromatic carbocycles. The van der Waals surface area contributed by atoms with Crippen molar-refractivity contribution in [2.24, 2.45) is 23.7 Å². The number of amides is 1. The molecule has 4 rings (SSSR count). The number of carbonyl (C=O) groups excluding carboxylic acids is 1. The molecule has 146 valence electrons. The summed E-state index contributed by atoms with van der Waals surface area (Å²) in [4.78, 5) is 24.7. The maximum atomic E-state index is 13.0. The van der Waals surface area contributed by atoms with Crippen LogP contribution < -0.4 is 5.32 Å². The molecule has 7 heteroatoms. The number of aromatic nitrogens is 2. The number of aliphatic carboxylic acids is 1. The van der Waals surface area contributed by atoms with E-state index < -0.39 is 17.8 Å². The zero-order valence-electron chi connectivity index (χ0n) is 15.7. The van der Waals surface area contributed by atoms with E-state index in [0.29, 0.717) is 12.2 Å². The van der Waals surface area contributed by atoms with Crippen LogP contribution in [0, 0.1) is 37.5 Å². The standard InChI is InChI=1S/C21H22BrN3O3/c1-11-19(12(2)25(24-11)10-13-3-7-16(22)8-4-13)23-20(26)17-14-5-6-15(9-14)18(17)21(27)28/h3-8,14-15,17-18H,9-10H2,1-2H3,(H,23,26)(H,27,28)/t14-,15+,17+,18+/m1/s1. The van der Waals surface area contributed by atoms with Crippen molar-refractivity contribution in [2.75, 3.05) is 5.32 Å². The van der Waals surface area contributed by atoms with Crippen molar-refractivity contribution in [3.63, 3.8) is 0 Å². The van der Waals surface area contributed by atoms with E-state index in [2.05, 4.69) is 26.3 Å². The van der Waals surface area contributed by atoms with Crippen LogP contribution >= 0.6 is 15.9 Å². The Hall–Kier alpha value is -2.41. The predicted octanol–water partition coefficient (Wildman–Crippen LogP) is 3.77. The van der Waals surface area contributed by atoms with Crippen molar-refractivity contribution in [3.8, 4) is 0 Å². The average Bonchev–Trinajstić information content (AvgIpc) is 3.33. The monoisotopic (exact) mass is 443 g/mol. The van der Waals surface area contributed by atoms with Gasteiger partial charge in [-0.25, -0.2) is 0 Å². The third kappa shape index (κ3) is 3.28. The van der Waals surface area contributed by atoms with Gasteiger partial charge in [0.25, 0.3) is 0 Å². The first-order valence-corrected chi connectivity index (χ1v) is 10.1. The van der Waals surface area contributed by atoms with Crippen LogP contribution in [0.4, 0.5) is 5.69 Å². The average molecular weight is 444 g/mol. The van der Waals surface area contributed by atoms with E-state index in [4.69, 9.17) is 0 Å². The molecule has 0 radical (unpaired) electrons. The molecule has 6 nitrogen and oxygen atoms in total. The molecule has 2 bridgehead atoms. The quantitative estimate of drug-likeness (QED) is 0.688. The van der Waals surface area contributed by atoms with Crippen LogP contribution in [-0.2, 0) is 16.1 Å². The number of carboxylic acid groups (broad SMARTS) is 1. The van der Waals surface area contributed by atoms with E-state index in [1.165, 1.54) is 0 Å². The first-order valence-electron chi connectivity index (χ1n) is 9.35. The first kappa shape index (κ1) is 18.9. The van der Waals surface area contributed by atoms with Gasteiger partial charge >= 0.3 is 5.97 Å². The number of fused-ring (bicyclic) bond motifs is 2. The number of nitrogens with zero attached hydrogens (tertiary/aromatic N) is 2. The second-order valence-electron chi connectivity index (χ2n) is 7.66. The van der Waals surface area contributed by atoms with Crippen molar-refractivity contribution < 1.29 is 14.7 Å². The number of hydrogen-bond donors (Lipinski definition) is 2. The second-order valence-corrected chi connectivity index (χ2v) is 8.57. The normalized spacial score (nSPS) is 25.2. The largest absolute Gasteiger partial charge is 0.481 e. The SMILES string of the molecule is Cc1nn(Cc2ccc(Br)cc2)c(C)c1NC(=O)[C@@H]1[C@@H](C(=O)O)[C@H]2C=C[C@@H]1C2. The highest BCUT2D eigenvalue weighted by molar-refractivity contribution is 9.10. The Bertz CT molecular complexity index is 964. The molecule has 1 aromatic heterocycles. The number of halogens is 1. The summed E-state index contributed by atoms with van der Waals surface area (Å²) < 4.78 is 2.88. The Kier molecular flexibility index (Phi) is 4.87. The lowest BCUT2D eigenvalue weighted by Gasteiger charge is -2.23. The highest BCUT2D eigenvalue weighted by atomic mass is 79.9. The van der Waals surface area contributed by atoms with Crippen molar-refractivity contribution >= 4 is 33.5 Å². The van der Waals surface area contributed by atoms with Gasteiger partial charge in [0.05, 0.1) is 35.5 Å². The second kappa shape index (κ2) is 7.20. The molecule has 28 heavy (non-hydrogen) atoms. The smallest absolute Gasteiger partial charge is 0.307 e. The predicted molar refractivity (Wildman–Crippen MR) is 109 cm³/mol. The van der Waals surface area contributed by atoms with E-state index in [9.17, 15) is 14.7 Å². The molecule has 1 heterocycles. The van der Waals surface area contributed by atoms with Crippen LogP contribution in [0.3, 0.4) is 0 Å². The van der Waals surface area contributed by atoms with E-state index in [1.54, 1.807) is 0 Å². The molecule has 0 unspecified atom stereocenters. The minimum atomic E-state index is -0.892. The fourth-order valence-electron chi connectivity index (χ4n) is 4.52. The third-order valence-electron chi connectivity index (χ3n) is 5.92. The minimum Gasteiger partial charge on any atom is -0.481 e. The number of anilines is 1. The van der Waals surface area contributed by atoms with Gasteiger partial charge in [0, 0.05) is 4.47 Å². The summed E-state index contributed by atoms with van der Waals surface area (Å²) in [6.07, 6.45) is 4.68. The number of allylic oxidation sites excluding steroid dienone is 2. The fraction of sp³-hybridized carbons (Fsp3) is 0.381. The number of aryl methyl sites for hydroxylation is 1. The molecule has 2 aromatic rings. The van der Waals surface area contributed by atoms with E-state index in [-0.39, 0.29) is 17.7 Å². The molecule has 1 saturated carbocycles. The number of hydrogen-bond acceptors (Lipinski definition) is 3. The Labute approximate surface area is 171 Å². The highest BCUT2D eigenvalue weighted by Crippen LogP contribution is 2.48. The summed E-state index contributed by atoms with van der Waals surface area (Å²) in [5.74, 6) is -2.32. The minimum absolute atomic E-state index is 0.00419. The third-order valence-corrected chi connectivity index (χ3v) is 6.45. The number of benzene rings is 1. The molecule has 2 aliphatic carbocycles. The number of carboxylic acids is 1.